The Morgan fingerprint density at radius 3 is 2.41 bits per heavy atom. The molecule has 0 aliphatic rings. The SMILES string of the molecule is COc1ccc(C)cc1N([C@@H](C)C(=O)Nc1ccc(Cl)cc1C)S(C)(=O)=O. The van der Waals surface area contributed by atoms with Crippen molar-refractivity contribution < 1.29 is 17.9 Å². The molecule has 2 aromatic carbocycles. The van der Waals surface area contributed by atoms with Gasteiger partial charge in [0.15, 0.2) is 0 Å². The fourth-order valence-corrected chi connectivity index (χ4v) is 4.15. The van der Waals surface area contributed by atoms with Gasteiger partial charge in [0.05, 0.1) is 19.1 Å². The molecule has 27 heavy (non-hydrogen) atoms. The highest BCUT2D eigenvalue weighted by Crippen LogP contribution is 2.33. The van der Waals surface area contributed by atoms with Gasteiger partial charge < -0.3 is 10.1 Å². The van der Waals surface area contributed by atoms with E-state index in [0.29, 0.717) is 22.1 Å². The number of anilines is 2. The molecule has 0 aliphatic heterocycles. The Balaban J connectivity index is 2.42. The zero-order chi connectivity index (χ0) is 20.4. The van der Waals surface area contributed by atoms with Crippen LogP contribution in [0.1, 0.15) is 18.1 Å². The third kappa shape index (κ3) is 4.93. The number of carbonyl (C=O) groups is 1. The number of ether oxygens (including phenoxy) is 1. The van der Waals surface area contributed by atoms with Crippen LogP contribution in [0.4, 0.5) is 11.4 Å². The number of amides is 1. The van der Waals surface area contributed by atoms with E-state index in [1.165, 1.54) is 14.0 Å². The molecule has 0 heterocycles. The molecule has 0 radical (unpaired) electrons. The number of hydrogen-bond acceptors (Lipinski definition) is 4. The van der Waals surface area contributed by atoms with Crippen molar-refractivity contribution in [3.05, 3.63) is 52.5 Å². The number of methoxy groups -OCH3 is 1. The molecule has 2 aromatic rings. The number of aryl methyl sites for hydroxylation is 2. The molecule has 0 bridgehead atoms. The van der Waals surface area contributed by atoms with Gasteiger partial charge in [0.1, 0.15) is 11.8 Å². The van der Waals surface area contributed by atoms with Crippen molar-refractivity contribution in [1.29, 1.82) is 0 Å². The molecule has 0 saturated heterocycles. The fraction of sp³-hybridized carbons (Fsp3) is 0.316. The fourth-order valence-electron chi connectivity index (χ4n) is 2.76. The van der Waals surface area contributed by atoms with E-state index in [4.69, 9.17) is 16.3 Å². The second-order valence-corrected chi connectivity index (χ2v) is 8.65. The molecule has 6 nitrogen and oxygen atoms in total. The van der Waals surface area contributed by atoms with E-state index in [1.807, 2.05) is 19.9 Å². The van der Waals surface area contributed by atoms with Crippen molar-refractivity contribution in [1.82, 2.24) is 0 Å². The van der Waals surface area contributed by atoms with Crippen molar-refractivity contribution in [2.75, 3.05) is 23.0 Å². The first-order valence-electron chi connectivity index (χ1n) is 8.25. The maximum Gasteiger partial charge on any atom is 0.248 e. The van der Waals surface area contributed by atoms with E-state index < -0.39 is 22.0 Å². The second kappa shape index (κ2) is 8.19. The maximum atomic E-state index is 12.8. The summed E-state index contributed by atoms with van der Waals surface area (Å²) in [5, 5.41) is 3.32. The number of hydrogen-bond donors (Lipinski definition) is 1. The van der Waals surface area contributed by atoms with Gasteiger partial charge in [-0.15, -0.1) is 0 Å². The summed E-state index contributed by atoms with van der Waals surface area (Å²) in [4.78, 5) is 12.8. The molecule has 0 aliphatic carbocycles. The van der Waals surface area contributed by atoms with Crippen LogP contribution in [0.3, 0.4) is 0 Å². The number of carbonyl (C=O) groups excluding carboxylic acids is 1. The van der Waals surface area contributed by atoms with Crippen molar-refractivity contribution >= 4 is 38.9 Å². The van der Waals surface area contributed by atoms with Gasteiger partial charge in [0, 0.05) is 10.7 Å². The summed E-state index contributed by atoms with van der Waals surface area (Å²) in [6.45, 7) is 5.18. The normalized spacial score (nSPS) is 12.4. The molecule has 146 valence electrons. The summed E-state index contributed by atoms with van der Waals surface area (Å²) >= 11 is 5.94. The van der Waals surface area contributed by atoms with E-state index in [2.05, 4.69) is 5.32 Å². The van der Waals surface area contributed by atoms with Crippen molar-refractivity contribution in [3.63, 3.8) is 0 Å². The zero-order valence-corrected chi connectivity index (χ0v) is 17.5. The van der Waals surface area contributed by atoms with Crippen LogP contribution in [0.15, 0.2) is 36.4 Å². The van der Waals surface area contributed by atoms with Gasteiger partial charge in [-0.3, -0.25) is 9.10 Å². The Morgan fingerprint density at radius 1 is 1.19 bits per heavy atom. The van der Waals surface area contributed by atoms with Crippen LogP contribution < -0.4 is 14.4 Å². The number of nitrogens with zero attached hydrogens (tertiary/aromatic N) is 1. The van der Waals surface area contributed by atoms with Gasteiger partial charge in [0.25, 0.3) is 0 Å². The minimum atomic E-state index is -3.75. The molecule has 2 rings (SSSR count). The highest BCUT2D eigenvalue weighted by atomic mass is 35.5. The number of halogens is 1. The van der Waals surface area contributed by atoms with Crippen molar-refractivity contribution in [2.24, 2.45) is 0 Å². The van der Waals surface area contributed by atoms with Crippen LogP contribution in [-0.2, 0) is 14.8 Å². The monoisotopic (exact) mass is 410 g/mol. The highest BCUT2D eigenvalue weighted by molar-refractivity contribution is 7.92. The van der Waals surface area contributed by atoms with Crippen molar-refractivity contribution in [3.8, 4) is 5.75 Å². The largest absolute Gasteiger partial charge is 0.495 e. The predicted molar refractivity (Wildman–Crippen MR) is 109 cm³/mol. The molecular weight excluding hydrogens is 388 g/mol. The number of sulfonamides is 1. The lowest BCUT2D eigenvalue weighted by atomic mass is 10.1. The number of rotatable bonds is 6. The standard InChI is InChI=1S/C19H23ClN2O4S/c1-12-6-9-18(26-4)17(10-12)22(27(5,24)25)14(3)19(23)21-16-8-7-15(20)11-13(16)2/h6-11,14H,1-5H3,(H,21,23)/t14-/m0/s1. The van der Waals surface area contributed by atoms with Gasteiger partial charge in [-0.25, -0.2) is 8.42 Å². The Bertz CT molecular complexity index is 960. The number of benzene rings is 2. The maximum absolute atomic E-state index is 12.8. The molecule has 0 saturated carbocycles. The summed E-state index contributed by atoms with van der Waals surface area (Å²) in [7, 11) is -2.29. The average Bonchev–Trinajstić information content (AvgIpc) is 2.56. The smallest absolute Gasteiger partial charge is 0.248 e. The highest BCUT2D eigenvalue weighted by Gasteiger charge is 2.31. The van der Waals surface area contributed by atoms with E-state index in [9.17, 15) is 13.2 Å². The minimum absolute atomic E-state index is 0.315. The zero-order valence-electron chi connectivity index (χ0n) is 15.9. The molecule has 1 atom stereocenters. The first-order valence-corrected chi connectivity index (χ1v) is 10.5. The lowest BCUT2D eigenvalue weighted by Crippen LogP contribution is -2.45. The molecule has 1 N–H and O–H groups in total. The molecule has 0 unspecified atom stereocenters. The van der Waals surface area contributed by atoms with Gasteiger partial charge in [-0.05, 0) is 62.2 Å². The topological polar surface area (TPSA) is 75.7 Å². The van der Waals surface area contributed by atoms with E-state index >= 15 is 0 Å². The Morgan fingerprint density at radius 2 is 1.85 bits per heavy atom. The van der Waals surface area contributed by atoms with Crippen LogP contribution in [0.25, 0.3) is 0 Å². The second-order valence-electron chi connectivity index (χ2n) is 6.36. The van der Waals surface area contributed by atoms with Crippen LogP contribution in [-0.4, -0.2) is 33.7 Å². The van der Waals surface area contributed by atoms with E-state index in [1.54, 1.807) is 30.3 Å². The van der Waals surface area contributed by atoms with Gasteiger partial charge in [-0.1, -0.05) is 17.7 Å². The van der Waals surface area contributed by atoms with Crippen LogP contribution in [0.2, 0.25) is 5.02 Å². The Kier molecular flexibility index (Phi) is 6.38. The first kappa shape index (κ1) is 21.1. The molecule has 0 fully saturated rings. The van der Waals surface area contributed by atoms with Gasteiger partial charge in [0.2, 0.25) is 15.9 Å². The third-order valence-corrected chi connectivity index (χ3v) is 5.57. The van der Waals surface area contributed by atoms with Crippen LogP contribution in [0, 0.1) is 13.8 Å². The minimum Gasteiger partial charge on any atom is -0.495 e. The molecule has 0 aromatic heterocycles. The molecule has 0 spiro atoms. The average molecular weight is 411 g/mol. The van der Waals surface area contributed by atoms with Crippen molar-refractivity contribution in [2.45, 2.75) is 26.8 Å². The predicted octanol–water partition coefficient (Wildman–Crippen LogP) is 3.76. The first-order chi connectivity index (χ1) is 12.5. The van der Waals surface area contributed by atoms with Gasteiger partial charge >= 0.3 is 0 Å². The Hall–Kier alpha value is -2.25. The summed E-state index contributed by atoms with van der Waals surface area (Å²) in [6.07, 6.45) is 1.06. The van der Waals surface area contributed by atoms with Crippen LogP contribution >= 0.6 is 11.6 Å². The molecule has 8 heteroatoms. The third-order valence-electron chi connectivity index (χ3n) is 4.11. The Labute approximate surface area is 165 Å². The molecular formula is C19H23ClN2O4S. The number of nitrogens with one attached hydrogen (secondary N) is 1. The van der Waals surface area contributed by atoms with E-state index in [0.717, 1.165) is 21.7 Å². The summed E-state index contributed by atoms with van der Waals surface area (Å²) in [5.41, 5.74) is 2.51. The quantitative estimate of drug-likeness (QED) is 0.786. The summed E-state index contributed by atoms with van der Waals surface area (Å²) < 4.78 is 31.4. The lowest BCUT2D eigenvalue weighted by molar-refractivity contribution is -0.116. The van der Waals surface area contributed by atoms with E-state index in [-0.39, 0.29) is 0 Å². The molecule has 1 amide bonds. The summed E-state index contributed by atoms with van der Waals surface area (Å²) in [6, 6.07) is 9.23. The lowest BCUT2D eigenvalue weighted by Gasteiger charge is -2.29. The van der Waals surface area contributed by atoms with Gasteiger partial charge in [-0.2, -0.15) is 0 Å². The summed E-state index contributed by atoms with van der Waals surface area (Å²) in [5.74, 6) is -0.0947. The van der Waals surface area contributed by atoms with Crippen LogP contribution in [0.5, 0.6) is 5.75 Å².